The fourth-order valence-corrected chi connectivity index (χ4v) is 3.07. The van der Waals surface area contributed by atoms with Crippen LogP contribution in [0.2, 0.25) is 0 Å². The van der Waals surface area contributed by atoms with E-state index in [0.717, 1.165) is 11.3 Å². The van der Waals surface area contributed by atoms with Crippen molar-refractivity contribution in [2.45, 2.75) is 34.3 Å². The molecule has 0 aromatic heterocycles. The van der Waals surface area contributed by atoms with Gasteiger partial charge in [0.25, 0.3) is 0 Å². The van der Waals surface area contributed by atoms with Gasteiger partial charge in [-0.15, -0.1) is 0 Å². The van der Waals surface area contributed by atoms with Crippen molar-refractivity contribution < 1.29 is 23.8 Å². The van der Waals surface area contributed by atoms with Crippen LogP contribution in [0.4, 0.5) is 0 Å². The van der Waals surface area contributed by atoms with Crippen LogP contribution in [0.1, 0.15) is 33.3 Å². The maximum absolute atomic E-state index is 12.4. The van der Waals surface area contributed by atoms with Gasteiger partial charge < -0.3 is 14.2 Å². The largest absolute Gasteiger partial charge is 0.494 e. The summed E-state index contributed by atoms with van der Waals surface area (Å²) in [5.41, 5.74) is 1.18. The van der Waals surface area contributed by atoms with Gasteiger partial charge >= 0.3 is 11.9 Å². The Morgan fingerprint density at radius 1 is 1.28 bits per heavy atom. The Hall–Kier alpha value is -2.30. The highest BCUT2D eigenvalue weighted by Gasteiger charge is 2.61. The molecular weight excluding hydrogens is 320 g/mol. The summed E-state index contributed by atoms with van der Waals surface area (Å²) < 4.78 is 15.6. The smallest absolute Gasteiger partial charge is 0.333 e. The van der Waals surface area contributed by atoms with Gasteiger partial charge in [0.15, 0.2) is 0 Å². The van der Waals surface area contributed by atoms with E-state index >= 15 is 0 Å². The molecule has 0 amide bonds. The molecule has 2 rings (SSSR count). The molecule has 0 N–H and O–H groups in total. The predicted octanol–water partition coefficient (Wildman–Crippen LogP) is 3.52. The Morgan fingerprint density at radius 2 is 2.00 bits per heavy atom. The van der Waals surface area contributed by atoms with Crippen LogP contribution in [0.5, 0.6) is 5.75 Å². The SMILES string of the molecule is CCOc1cccc(COC(=O)C2C(/C=C(\C)C(=O)OC)C2(C)C)c1. The number of rotatable bonds is 7. The van der Waals surface area contributed by atoms with E-state index in [1.165, 1.54) is 7.11 Å². The summed E-state index contributed by atoms with van der Waals surface area (Å²) in [6.07, 6.45) is 1.81. The fraction of sp³-hybridized carbons (Fsp3) is 0.500. The van der Waals surface area contributed by atoms with Gasteiger partial charge in [0.05, 0.1) is 19.6 Å². The summed E-state index contributed by atoms with van der Waals surface area (Å²) >= 11 is 0. The highest BCUT2D eigenvalue weighted by atomic mass is 16.5. The summed E-state index contributed by atoms with van der Waals surface area (Å²) in [6.45, 7) is 8.42. The molecule has 0 bridgehead atoms. The van der Waals surface area contributed by atoms with Gasteiger partial charge in [-0.2, -0.15) is 0 Å². The van der Waals surface area contributed by atoms with Crippen LogP contribution in [0, 0.1) is 17.3 Å². The van der Waals surface area contributed by atoms with Crippen molar-refractivity contribution in [3.05, 3.63) is 41.5 Å². The second-order valence-corrected chi connectivity index (χ2v) is 6.85. The monoisotopic (exact) mass is 346 g/mol. The van der Waals surface area contributed by atoms with Crippen LogP contribution in [-0.4, -0.2) is 25.7 Å². The average Bonchev–Trinajstić information content (AvgIpc) is 3.12. The zero-order chi connectivity index (χ0) is 18.6. The topological polar surface area (TPSA) is 61.8 Å². The van der Waals surface area contributed by atoms with Crippen molar-refractivity contribution >= 4 is 11.9 Å². The number of methoxy groups -OCH3 is 1. The summed E-state index contributed by atoms with van der Waals surface area (Å²) in [5.74, 6) is -0.123. The van der Waals surface area contributed by atoms with E-state index in [1.807, 2.05) is 51.1 Å². The minimum Gasteiger partial charge on any atom is -0.494 e. The highest BCUT2D eigenvalue weighted by Crippen LogP contribution is 2.59. The molecule has 0 heterocycles. The van der Waals surface area contributed by atoms with Gasteiger partial charge in [0.1, 0.15) is 12.4 Å². The number of benzene rings is 1. The number of allylic oxidation sites excluding steroid dienone is 1. The third kappa shape index (κ3) is 4.41. The Morgan fingerprint density at radius 3 is 2.64 bits per heavy atom. The van der Waals surface area contributed by atoms with Gasteiger partial charge in [0, 0.05) is 5.57 Å². The van der Waals surface area contributed by atoms with Crippen molar-refractivity contribution in [2.24, 2.45) is 17.3 Å². The lowest BCUT2D eigenvalue weighted by Gasteiger charge is -2.08. The lowest BCUT2D eigenvalue weighted by Crippen LogP contribution is -2.10. The normalized spacial score (nSPS) is 21.4. The first-order chi connectivity index (χ1) is 11.8. The van der Waals surface area contributed by atoms with Gasteiger partial charge in [-0.25, -0.2) is 4.79 Å². The molecule has 136 valence electrons. The highest BCUT2D eigenvalue weighted by molar-refractivity contribution is 5.88. The van der Waals surface area contributed by atoms with E-state index in [-0.39, 0.29) is 35.8 Å². The van der Waals surface area contributed by atoms with E-state index in [0.29, 0.717) is 12.2 Å². The summed E-state index contributed by atoms with van der Waals surface area (Å²) in [5, 5.41) is 0. The Balaban J connectivity index is 1.97. The van der Waals surface area contributed by atoms with Crippen LogP contribution in [0.3, 0.4) is 0 Å². The molecule has 2 atom stereocenters. The minimum atomic E-state index is -0.373. The average molecular weight is 346 g/mol. The molecule has 1 aromatic rings. The number of carbonyl (C=O) groups is 2. The molecule has 1 aliphatic rings. The van der Waals surface area contributed by atoms with Gasteiger partial charge in [-0.05, 0) is 42.9 Å². The van der Waals surface area contributed by atoms with E-state index in [4.69, 9.17) is 14.2 Å². The molecule has 1 saturated carbocycles. The number of esters is 2. The first-order valence-corrected chi connectivity index (χ1v) is 8.46. The third-order valence-electron chi connectivity index (χ3n) is 4.69. The number of hydrogen-bond acceptors (Lipinski definition) is 5. The molecule has 0 spiro atoms. The summed E-state index contributed by atoms with van der Waals surface area (Å²) in [6, 6.07) is 7.51. The van der Waals surface area contributed by atoms with Crippen molar-refractivity contribution in [1.82, 2.24) is 0 Å². The maximum Gasteiger partial charge on any atom is 0.333 e. The Bertz CT molecular complexity index is 674. The predicted molar refractivity (Wildman–Crippen MR) is 93.9 cm³/mol. The number of ether oxygens (including phenoxy) is 3. The van der Waals surface area contributed by atoms with Crippen molar-refractivity contribution in [2.75, 3.05) is 13.7 Å². The molecule has 5 heteroatoms. The van der Waals surface area contributed by atoms with Crippen LogP contribution < -0.4 is 4.74 Å². The zero-order valence-electron chi connectivity index (χ0n) is 15.5. The van der Waals surface area contributed by atoms with Crippen LogP contribution in [0.15, 0.2) is 35.9 Å². The fourth-order valence-electron chi connectivity index (χ4n) is 3.07. The van der Waals surface area contributed by atoms with Crippen LogP contribution in [0.25, 0.3) is 0 Å². The quantitative estimate of drug-likeness (QED) is 0.558. The van der Waals surface area contributed by atoms with Crippen LogP contribution in [-0.2, 0) is 25.7 Å². The first kappa shape index (κ1) is 19.0. The Kier molecular flexibility index (Phi) is 5.88. The van der Waals surface area contributed by atoms with Crippen molar-refractivity contribution in [1.29, 1.82) is 0 Å². The van der Waals surface area contributed by atoms with E-state index in [1.54, 1.807) is 6.92 Å². The van der Waals surface area contributed by atoms with Gasteiger partial charge in [0.2, 0.25) is 0 Å². The zero-order valence-corrected chi connectivity index (χ0v) is 15.5. The molecule has 0 saturated heterocycles. The molecule has 0 aliphatic heterocycles. The van der Waals surface area contributed by atoms with Crippen molar-refractivity contribution in [3.63, 3.8) is 0 Å². The molecule has 25 heavy (non-hydrogen) atoms. The number of carbonyl (C=O) groups excluding carboxylic acids is 2. The molecule has 1 fully saturated rings. The van der Waals surface area contributed by atoms with E-state index in [2.05, 4.69) is 0 Å². The molecule has 5 nitrogen and oxygen atoms in total. The van der Waals surface area contributed by atoms with E-state index in [9.17, 15) is 9.59 Å². The second-order valence-electron chi connectivity index (χ2n) is 6.85. The number of hydrogen-bond donors (Lipinski definition) is 0. The second kappa shape index (κ2) is 7.72. The molecule has 0 radical (unpaired) electrons. The summed E-state index contributed by atoms with van der Waals surface area (Å²) in [4.78, 5) is 24.0. The lowest BCUT2D eigenvalue weighted by atomic mass is 10.1. The van der Waals surface area contributed by atoms with Crippen molar-refractivity contribution in [3.8, 4) is 5.75 Å². The molecule has 1 aromatic carbocycles. The Labute approximate surface area is 149 Å². The standard InChI is InChI=1S/C20H26O5/c1-6-24-15-9-7-8-14(11-15)12-25-19(22)17-16(20(17,3)4)10-13(2)18(21)23-5/h7-11,16-17H,6,12H2,1-5H3/b13-10+. The lowest BCUT2D eigenvalue weighted by molar-refractivity contribution is -0.147. The molecular formula is C20H26O5. The van der Waals surface area contributed by atoms with E-state index < -0.39 is 0 Å². The minimum absolute atomic E-state index is 0.0196. The maximum atomic E-state index is 12.4. The van der Waals surface area contributed by atoms with Gasteiger partial charge in [-0.1, -0.05) is 32.1 Å². The summed E-state index contributed by atoms with van der Waals surface area (Å²) in [7, 11) is 1.35. The third-order valence-corrected chi connectivity index (χ3v) is 4.69. The van der Waals surface area contributed by atoms with Gasteiger partial charge in [-0.3, -0.25) is 4.79 Å². The molecule has 2 unspecified atom stereocenters. The molecule has 1 aliphatic carbocycles. The first-order valence-electron chi connectivity index (χ1n) is 8.46. The van der Waals surface area contributed by atoms with Crippen LogP contribution >= 0.6 is 0 Å².